The SMILES string of the molecule is Cc1cccc(-c2nc(CO)c(Cl)s2)c1. The highest BCUT2D eigenvalue weighted by molar-refractivity contribution is 7.19. The van der Waals surface area contributed by atoms with Crippen LogP contribution in [0.2, 0.25) is 4.34 Å². The molecule has 0 fully saturated rings. The zero-order valence-corrected chi connectivity index (χ0v) is 9.77. The van der Waals surface area contributed by atoms with Crippen LogP contribution in [-0.4, -0.2) is 10.1 Å². The van der Waals surface area contributed by atoms with Crippen molar-refractivity contribution in [2.75, 3.05) is 0 Å². The van der Waals surface area contributed by atoms with Gasteiger partial charge in [0.1, 0.15) is 9.34 Å². The van der Waals surface area contributed by atoms with Gasteiger partial charge in [0, 0.05) is 5.56 Å². The van der Waals surface area contributed by atoms with Crippen LogP contribution in [0.25, 0.3) is 10.6 Å². The van der Waals surface area contributed by atoms with E-state index < -0.39 is 0 Å². The summed E-state index contributed by atoms with van der Waals surface area (Å²) in [4.78, 5) is 4.28. The molecule has 0 atom stereocenters. The van der Waals surface area contributed by atoms with Gasteiger partial charge in [-0.3, -0.25) is 0 Å². The van der Waals surface area contributed by atoms with Crippen molar-refractivity contribution in [1.29, 1.82) is 0 Å². The number of nitrogens with zero attached hydrogens (tertiary/aromatic N) is 1. The third-order valence-corrected chi connectivity index (χ3v) is 3.45. The molecule has 1 aromatic heterocycles. The normalized spacial score (nSPS) is 10.6. The van der Waals surface area contributed by atoms with E-state index in [-0.39, 0.29) is 6.61 Å². The van der Waals surface area contributed by atoms with Crippen LogP contribution in [-0.2, 0) is 6.61 Å². The molecular formula is C11H10ClNOS. The number of hydrogen-bond donors (Lipinski definition) is 1. The van der Waals surface area contributed by atoms with Crippen LogP contribution < -0.4 is 0 Å². The van der Waals surface area contributed by atoms with Gasteiger partial charge in [-0.15, -0.1) is 11.3 Å². The van der Waals surface area contributed by atoms with E-state index >= 15 is 0 Å². The lowest BCUT2D eigenvalue weighted by atomic mass is 10.1. The Labute approximate surface area is 97.2 Å². The number of thiazole rings is 1. The lowest BCUT2D eigenvalue weighted by molar-refractivity contribution is 0.278. The Morgan fingerprint density at radius 3 is 2.87 bits per heavy atom. The highest BCUT2D eigenvalue weighted by Crippen LogP contribution is 2.31. The Hall–Kier alpha value is -0.900. The minimum Gasteiger partial charge on any atom is -0.390 e. The Morgan fingerprint density at radius 2 is 2.27 bits per heavy atom. The molecule has 2 nitrogen and oxygen atoms in total. The number of rotatable bonds is 2. The molecule has 0 aliphatic rings. The Bertz CT molecular complexity index is 481. The summed E-state index contributed by atoms with van der Waals surface area (Å²) in [5, 5.41) is 9.85. The molecule has 0 radical (unpaired) electrons. The fourth-order valence-electron chi connectivity index (χ4n) is 1.33. The third-order valence-electron chi connectivity index (χ3n) is 2.06. The predicted molar refractivity (Wildman–Crippen MR) is 63.2 cm³/mol. The van der Waals surface area contributed by atoms with E-state index in [0.717, 1.165) is 10.6 Å². The first-order chi connectivity index (χ1) is 7.20. The van der Waals surface area contributed by atoms with Gasteiger partial charge in [0.05, 0.1) is 12.3 Å². The molecule has 0 bridgehead atoms. The lowest BCUT2D eigenvalue weighted by Crippen LogP contribution is -1.84. The molecule has 0 aliphatic carbocycles. The summed E-state index contributed by atoms with van der Waals surface area (Å²) in [5.41, 5.74) is 2.78. The highest BCUT2D eigenvalue weighted by Gasteiger charge is 2.09. The van der Waals surface area contributed by atoms with Gasteiger partial charge in [0.25, 0.3) is 0 Å². The van der Waals surface area contributed by atoms with E-state index in [0.29, 0.717) is 10.0 Å². The molecule has 15 heavy (non-hydrogen) atoms. The molecule has 0 saturated carbocycles. The number of aromatic nitrogens is 1. The van der Waals surface area contributed by atoms with Crippen LogP contribution in [0.5, 0.6) is 0 Å². The van der Waals surface area contributed by atoms with Crippen LogP contribution >= 0.6 is 22.9 Å². The fraction of sp³-hybridized carbons (Fsp3) is 0.182. The van der Waals surface area contributed by atoms with E-state index in [9.17, 15) is 0 Å². The van der Waals surface area contributed by atoms with Crippen LogP contribution in [0.4, 0.5) is 0 Å². The molecule has 0 unspecified atom stereocenters. The molecule has 4 heteroatoms. The average molecular weight is 240 g/mol. The topological polar surface area (TPSA) is 33.1 Å². The Morgan fingerprint density at radius 1 is 1.47 bits per heavy atom. The van der Waals surface area contributed by atoms with E-state index in [2.05, 4.69) is 11.1 Å². The standard InChI is InChI=1S/C11H10ClNOS/c1-7-3-2-4-8(5-7)11-13-9(6-14)10(12)15-11/h2-5,14H,6H2,1H3. The summed E-state index contributed by atoms with van der Waals surface area (Å²) in [6.07, 6.45) is 0. The molecule has 0 amide bonds. The van der Waals surface area contributed by atoms with Gasteiger partial charge in [0.2, 0.25) is 0 Å². The van der Waals surface area contributed by atoms with Gasteiger partial charge in [-0.1, -0.05) is 35.4 Å². The van der Waals surface area contributed by atoms with E-state index in [1.807, 2.05) is 25.1 Å². The van der Waals surface area contributed by atoms with Crippen LogP contribution in [0.3, 0.4) is 0 Å². The van der Waals surface area contributed by atoms with Crippen molar-refractivity contribution in [3.63, 3.8) is 0 Å². The number of halogens is 1. The van der Waals surface area contributed by atoms with Gasteiger partial charge < -0.3 is 5.11 Å². The maximum absolute atomic E-state index is 8.99. The molecule has 1 N–H and O–H groups in total. The Kier molecular flexibility index (Phi) is 3.05. The first-order valence-electron chi connectivity index (χ1n) is 4.54. The van der Waals surface area contributed by atoms with Gasteiger partial charge in [-0.05, 0) is 13.0 Å². The van der Waals surface area contributed by atoms with Crippen molar-refractivity contribution >= 4 is 22.9 Å². The molecule has 0 spiro atoms. The number of aliphatic hydroxyl groups excluding tert-OH is 1. The van der Waals surface area contributed by atoms with Crippen LogP contribution in [0.1, 0.15) is 11.3 Å². The van der Waals surface area contributed by atoms with Crippen molar-refractivity contribution in [2.45, 2.75) is 13.5 Å². The molecule has 1 heterocycles. The molecule has 0 aliphatic heterocycles. The van der Waals surface area contributed by atoms with Gasteiger partial charge in [-0.2, -0.15) is 0 Å². The maximum atomic E-state index is 8.99. The zero-order chi connectivity index (χ0) is 10.8. The molecule has 2 aromatic rings. The molecular weight excluding hydrogens is 230 g/mol. The summed E-state index contributed by atoms with van der Waals surface area (Å²) in [6, 6.07) is 8.06. The third kappa shape index (κ3) is 2.20. The molecule has 78 valence electrons. The van der Waals surface area contributed by atoms with E-state index in [4.69, 9.17) is 16.7 Å². The van der Waals surface area contributed by atoms with Crippen LogP contribution in [0.15, 0.2) is 24.3 Å². The first-order valence-corrected chi connectivity index (χ1v) is 5.73. The van der Waals surface area contributed by atoms with E-state index in [1.54, 1.807) is 0 Å². The van der Waals surface area contributed by atoms with Crippen molar-refractivity contribution < 1.29 is 5.11 Å². The zero-order valence-electron chi connectivity index (χ0n) is 8.20. The summed E-state index contributed by atoms with van der Waals surface area (Å²) in [5.74, 6) is 0. The summed E-state index contributed by atoms with van der Waals surface area (Å²) in [7, 11) is 0. The summed E-state index contributed by atoms with van der Waals surface area (Å²) >= 11 is 7.33. The average Bonchev–Trinajstić information content (AvgIpc) is 2.60. The minimum absolute atomic E-state index is 0.110. The first kappa shape index (κ1) is 10.6. The van der Waals surface area contributed by atoms with Gasteiger partial charge in [-0.25, -0.2) is 4.98 Å². The summed E-state index contributed by atoms with van der Waals surface area (Å²) in [6.45, 7) is 1.92. The van der Waals surface area contributed by atoms with Crippen molar-refractivity contribution in [3.05, 3.63) is 39.9 Å². The number of benzene rings is 1. The van der Waals surface area contributed by atoms with Crippen molar-refractivity contribution in [2.24, 2.45) is 0 Å². The van der Waals surface area contributed by atoms with Gasteiger partial charge in [0.15, 0.2) is 0 Å². The monoisotopic (exact) mass is 239 g/mol. The second kappa shape index (κ2) is 4.31. The van der Waals surface area contributed by atoms with Crippen molar-refractivity contribution in [3.8, 4) is 10.6 Å². The van der Waals surface area contributed by atoms with Crippen LogP contribution in [0, 0.1) is 6.92 Å². The second-order valence-corrected chi connectivity index (χ2v) is 4.87. The largest absolute Gasteiger partial charge is 0.390 e. The summed E-state index contributed by atoms with van der Waals surface area (Å²) < 4.78 is 0.564. The molecule has 1 aromatic carbocycles. The highest BCUT2D eigenvalue weighted by atomic mass is 35.5. The smallest absolute Gasteiger partial charge is 0.125 e. The number of aliphatic hydroxyl groups is 1. The van der Waals surface area contributed by atoms with Crippen molar-refractivity contribution in [1.82, 2.24) is 4.98 Å². The number of aryl methyl sites for hydroxylation is 1. The lowest BCUT2D eigenvalue weighted by Gasteiger charge is -1.96. The number of hydrogen-bond acceptors (Lipinski definition) is 3. The second-order valence-electron chi connectivity index (χ2n) is 3.27. The molecule has 2 rings (SSSR count). The predicted octanol–water partition coefficient (Wildman–Crippen LogP) is 3.26. The van der Waals surface area contributed by atoms with Gasteiger partial charge >= 0.3 is 0 Å². The maximum Gasteiger partial charge on any atom is 0.125 e. The van der Waals surface area contributed by atoms with E-state index in [1.165, 1.54) is 16.9 Å². The fourth-order valence-corrected chi connectivity index (χ4v) is 2.45. The minimum atomic E-state index is -0.110. The molecule has 0 saturated heterocycles. The quantitative estimate of drug-likeness (QED) is 0.873. The Balaban J connectivity index is 2.45.